The molecule has 9 nitrogen and oxygen atoms in total. The van der Waals surface area contributed by atoms with E-state index in [2.05, 4.69) is 36.6 Å². The highest BCUT2D eigenvalue weighted by atomic mass is 32.1. The topological polar surface area (TPSA) is 120 Å². The van der Waals surface area contributed by atoms with Crippen LogP contribution in [0.2, 0.25) is 0 Å². The zero-order valence-corrected chi connectivity index (χ0v) is 14.5. The Morgan fingerprint density at radius 3 is 3.08 bits per heavy atom. The van der Waals surface area contributed by atoms with Crippen LogP contribution in [0.1, 0.15) is 10.9 Å². The molecular weight excluding hydrogens is 352 g/mol. The van der Waals surface area contributed by atoms with E-state index in [9.17, 15) is 0 Å². The minimum atomic E-state index is 0.306. The molecule has 0 bridgehead atoms. The van der Waals surface area contributed by atoms with Gasteiger partial charge in [0.05, 0.1) is 60.3 Å². The number of rotatable bonds is 5. The molecule has 0 spiro atoms. The van der Waals surface area contributed by atoms with Gasteiger partial charge in [0.2, 0.25) is 0 Å². The van der Waals surface area contributed by atoms with E-state index < -0.39 is 0 Å². The molecule has 4 aromatic rings. The second-order valence-corrected chi connectivity index (χ2v) is 7.27. The summed E-state index contributed by atoms with van der Waals surface area (Å²) in [5, 5.41) is 14.6. The van der Waals surface area contributed by atoms with Crippen LogP contribution in [0.15, 0.2) is 30.9 Å². The number of fused-ring (bicyclic) bond motifs is 1. The quantitative estimate of drug-likeness (QED) is 0.493. The predicted octanol–water partition coefficient (Wildman–Crippen LogP) is 2.04. The Balaban J connectivity index is 1.35. The van der Waals surface area contributed by atoms with Gasteiger partial charge in [-0.05, 0) is 6.07 Å². The van der Waals surface area contributed by atoms with Crippen molar-refractivity contribution >= 4 is 33.2 Å². The fraction of sp³-hybridized carbons (Fsp3) is 0.250. The monoisotopic (exact) mass is 368 g/mol. The van der Waals surface area contributed by atoms with Crippen LogP contribution in [0.4, 0.5) is 11.6 Å². The third kappa shape index (κ3) is 2.68. The molecule has 0 atom stereocenters. The summed E-state index contributed by atoms with van der Waals surface area (Å²) in [6, 6.07) is 2.37. The molecule has 26 heavy (non-hydrogen) atoms. The number of ether oxygens (including phenoxy) is 1. The third-order valence-corrected chi connectivity index (χ3v) is 5.37. The Morgan fingerprint density at radius 2 is 2.27 bits per heavy atom. The van der Waals surface area contributed by atoms with E-state index in [-0.39, 0.29) is 0 Å². The number of anilines is 2. The van der Waals surface area contributed by atoms with Crippen LogP contribution < -0.4 is 11.1 Å². The summed E-state index contributed by atoms with van der Waals surface area (Å²) in [5.74, 6) is 0.940. The van der Waals surface area contributed by atoms with Gasteiger partial charge >= 0.3 is 0 Å². The lowest BCUT2D eigenvalue weighted by Crippen LogP contribution is -2.30. The Labute approximate surface area is 152 Å². The zero-order valence-electron chi connectivity index (χ0n) is 13.7. The van der Waals surface area contributed by atoms with Crippen molar-refractivity contribution in [3.63, 3.8) is 0 Å². The first-order valence-corrected chi connectivity index (χ1v) is 8.98. The number of aromatic amines is 1. The van der Waals surface area contributed by atoms with Crippen LogP contribution in [-0.4, -0.2) is 43.2 Å². The van der Waals surface area contributed by atoms with E-state index in [0.717, 1.165) is 26.4 Å². The molecule has 0 radical (unpaired) electrons. The highest BCUT2D eigenvalue weighted by molar-refractivity contribution is 7.19. The van der Waals surface area contributed by atoms with Gasteiger partial charge in [0.25, 0.3) is 0 Å². The van der Waals surface area contributed by atoms with Gasteiger partial charge in [0.1, 0.15) is 0 Å². The van der Waals surface area contributed by atoms with E-state index in [1.807, 2.05) is 17.1 Å². The fourth-order valence-electron chi connectivity index (χ4n) is 2.77. The molecular formula is C16H16N8OS. The van der Waals surface area contributed by atoms with Gasteiger partial charge in [0, 0.05) is 16.6 Å². The standard InChI is InChI=1S/C16H16N8OS/c17-15-16(19-3-11-1-12-14(26-11)5-20-23-12)22-13(4-18-15)9-2-21-24(6-9)10-7-25-8-10/h1-2,4-6,10H,3,7-8H2,(H2,17,18)(H,19,22)(H,20,23). The van der Waals surface area contributed by atoms with Crippen molar-refractivity contribution < 1.29 is 4.74 Å². The Kier molecular flexibility index (Phi) is 3.57. The zero-order chi connectivity index (χ0) is 17.5. The fourth-order valence-corrected chi connectivity index (χ4v) is 3.70. The summed E-state index contributed by atoms with van der Waals surface area (Å²) in [7, 11) is 0. The summed E-state index contributed by atoms with van der Waals surface area (Å²) in [6.07, 6.45) is 7.24. The summed E-state index contributed by atoms with van der Waals surface area (Å²) < 4.78 is 8.24. The van der Waals surface area contributed by atoms with Crippen molar-refractivity contribution in [3.05, 3.63) is 35.7 Å². The van der Waals surface area contributed by atoms with Crippen molar-refractivity contribution in [2.45, 2.75) is 12.6 Å². The second-order valence-electron chi connectivity index (χ2n) is 6.10. The van der Waals surface area contributed by atoms with Gasteiger partial charge in [-0.1, -0.05) is 0 Å². The van der Waals surface area contributed by atoms with E-state index in [1.165, 1.54) is 0 Å². The minimum Gasteiger partial charge on any atom is -0.381 e. The van der Waals surface area contributed by atoms with Crippen molar-refractivity contribution in [2.24, 2.45) is 0 Å². The number of nitrogens with zero attached hydrogens (tertiary/aromatic N) is 5. The molecule has 1 fully saturated rings. The van der Waals surface area contributed by atoms with Crippen molar-refractivity contribution in [3.8, 4) is 11.3 Å². The molecule has 0 saturated carbocycles. The molecule has 1 aliphatic rings. The number of hydrogen-bond donors (Lipinski definition) is 3. The van der Waals surface area contributed by atoms with Gasteiger partial charge < -0.3 is 15.8 Å². The van der Waals surface area contributed by atoms with Crippen LogP contribution in [0.5, 0.6) is 0 Å². The van der Waals surface area contributed by atoms with E-state index in [1.54, 1.807) is 23.7 Å². The van der Waals surface area contributed by atoms with Crippen molar-refractivity contribution in [2.75, 3.05) is 24.3 Å². The third-order valence-electron chi connectivity index (χ3n) is 4.30. The van der Waals surface area contributed by atoms with Gasteiger partial charge in [-0.15, -0.1) is 11.3 Å². The lowest BCUT2D eigenvalue weighted by molar-refractivity contribution is -0.0286. The molecule has 10 heteroatoms. The van der Waals surface area contributed by atoms with Crippen LogP contribution >= 0.6 is 11.3 Å². The lowest BCUT2D eigenvalue weighted by Gasteiger charge is -2.25. The number of nitrogens with two attached hydrogens (primary N) is 1. The maximum atomic E-state index is 5.98. The maximum Gasteiger partial charge on any atom is 0.169 e. The molecule has 5 heterocycles. The molecule has 5 rings (SSSR count). The molecule has 4 aromatic heterocycles. The number of nitrogens with one attached hydrogen (secondary N) is 2. The van der Waals surface area contributed by atoms with Crippen LogP contribution in [0.25, 0.3) is 21.5 Å². The first kappa shape index (κ1) is 15.3. The molecule has 0 aliphatic carbocycles. The molecule has 4 N–H and O–H groups in total. The van der Waals surface area contributed by atoms with Gasteiger partial charge in [0.15, 0.2) is 11.6 Å². The maximum absolute atomic E-state index is 5.98. The lowest BCUT2D eigenvalue weighted by atomic mass is 10.2. The normalized spacial score (nSPS) is 14.6. The average molecular weight is 368 g/mol. The average Bonchev–Trinajstić information content (AvgIpc) is 3.28. The Morgan fingerprint density at radius 1 is 1.35 bits per heavy atom. The SMILES string of the molecule is Nc1ncc(-c2cnn(C3COC3)c2)nc1NCc1cc2[nH]ncc2s1. The Hall–Kier alpha value is -2.98. The number of aromatic nitrogens is 6. The van der Waals surface area contributed by atoms with E-state index >= 15 is 0 Å². The summed E-state index contributed by atoms with van der Waals surface area (Å²) in [4.78, 5) is 10.0. The number of thiophene rings is 1. The van der Waals surface area contributed by atoms with Gasteiger partial charge in [-0.25, -0.2) is 9.97 Å². The summed E-state index contributed by atoms with van der Waals surface area (Å²) >= 11 is 1.67. The smallest absolute Gasteiger partial charge is 0.169 e. The predicted molar refractivity (Wildman–Crippen MR) is 98.8 cm³/mol. The summed E-state index contributed by atoms with van der Waals surface area (Å²) in [6.45, 7) is 2.02. The Bertz CT molecular complexity index is 1030. The first-order chi connectivity index (χ1) is 12.8. The van der Waals surface area contributed by atoms with Crippen molar-refractivity contribution in [1.82, 2.24) is 29.9 Å². The molecule has 0 amide bonds. The number of hydrogen-bond acceptors (Lipinski definition) is 8. The van der Waals surface area contributed by atoms with Gasteiger partial charge in [-0.2, -0.15) is 10.2 Å². The largest absolute Gasteiger partial charge is 0.381 e. The van der Waals surface area contributed by atoms with E-state index in [4.69, 9.17) is 10.5 Å². The summed E-state index contributed by atoms with van der Waals surface area (Å²) in [5.41, 5.74) is 8.66. The highest BCUT2D eigenvalue weighted by Gasteiger charge is 2.21. The number of nitrogen functional groups attached to an aromatic ring is 1. The highest BCUT2D eigenvalue weighted by Crippen LogP contribution is 2.26. The van der Waals surface area contributed by atoms with Crippen LogP contribution in [0.3, 0.4) is 0 Å². The second kappa shape index (κ2) is 6.07. The number of H-pyrrole nitrogens is 1. The molecule has 1 aliphatic heterocycles. The van der Waals surface area contributed by atoms with E-state index in [0.29, 0.717) is 37.4 Å². The molecule has 0 unspecified atom stereocenters. The van der Waals surface area contributed by atoms with Gasteiger partial charge in [-0.3, -0.25) is 9.78 Å². The molecule has 1 saturated heterocycles. The van der Waals surface area contributed by atoms with Crippen molar-refractivity contribution in [1.29, 1.82) is 0 Å². The first-order valence-electron chi connectivity index (χ1n) is 8.17. The van der Waals surface area contributed by atoms with Crippen LogP contribution in [0, 0.1) is 0 Å². The minimum absolute atomic E-state index is 0.306. The van der Waals surface area contributed by atoms with Crippen LogP contribution in [-0.2, 0) is 11.3 Å². The molecule has 132 valence electrons. The molecule has 0 aromatic carbocycles.